The second-order valence-electron chi connectivity index (χ2n) is 13.9. The Labute approximate surface area is 215 Å². The molecule has 4 bridgehead atoms. The fourth-order valence-electron chi connectivity index (χ4n) is 7.60. The molecule has 1 aromatic carbocycles. The molecule has 0 saturated heterocycles. The summed E-state index contributed by atoms with van der Waals surface area (Å²) in [6.45, 7) is 9.90. The minimum absolute atomic E-state index is 0.0545. The van der Waals surface area contributed by atoms with Gasteiger partial charge in [0.05, 0.1) is 18.1 Å². The number of carbonyl (C=O) groups is 2. The lowest BCUT2D eigenvalue weighted by molar-refractivity contribution is -0.161. The van der Waals surface area contributed by atoms with Crippen LogP contribution in [0.3, 0.4) is 0 Å². The summed E-state index contributed by atoms with van der Waals surface area (Å²) in [7, 11) is 0. The summed E-state index contributed by atoms with van der Waals surface area (Å²) in [6, 6.07) is 3.16. The van der Waals surface area contributed by atoms with Crippen molar-refractivity contribution < 1.29 is 23.5 Å². The van der Waals surface area contributed by atoms with Gasteiger partial charge in [0.25, 0.3) is 0 Å². The van der Waals surface area contributed by atoms with Crippen LogP contribution in [0, 0.1) is 40.8 Å². The second-order valence-corrected chi connectivity index (χ2v) is 13.9. The molecule has 5 heteroatoms. The van der Waals surface area contributed by atoms with E-state index in [9.17, 15) is 9.59 Å². The number of benzene rings is 1. The van der Waals surface area contributed by atoms with Gasteiger partial charge in [0.15, 0.2) is 5.78 Å². The summed E-state index contributed by atoms with van der Waals surface area (Å²) in [6.07, 6.45) is 9.93. The van der Waals surface area contributed by atoms with Crippen molar-refractivity contribution in [2.75, 3.05) is 6.61 Å². The third kappa shape index (κ3) is 5.50. The lowest BCUT2D eigenvalue weighted by Crippen LogP contribution is -2.48. The molecule has 6 rings (SSSR count). The molecule has 0 spiro atoms. The predicted molar refractivity (Wildman–Crippen MR) is 138 cm³/mol. The lowest BCUT2D eigenvalue weighted by atomic mass is 9.50. The van der Waals surface area contributed by atoms with E-state index in [1.165, 1.54) is 44.6 Å². The van der Waals surface area contributed by atoms with E-state index in [2.05, 4.69) is 0 Å². The highest BCUT2D eigenvalue weighted by atomic mass is 19.1. The van der Waals surface area contributed by atoms with Crippen LogP contribution < -0.4 is 4.74 Å². The third-order valence-electron chi connectivity index (χ3n) is 9.04. The van der Waals surface area contributed by atoms with Crippen LogP contribution in [0.25, 0.3) is 0 Å². The minimum atomic E-state index is -0.632. The summed E-state index contributed by atoms with van der Waals surface area (Å²) in [5.74, 6) is 1.51. The SMILES string of the molecule is CC(C)[C@H](CC(=O)c1cc(C2CC2)c(OCC23CC4CC(CC(C4)C2)C3)cc1F)C(=O)OC(C)(C)C. The van der Waals surface area contributed by atoms with E-state index in [1.807, 2.05) is 34.6 Å². The van der Waals surface area contributed by atoms with Gasteiger partial charge in [-0.3, -0.25) is 9.59 Å². The Morgan fingerprint density at radius 2 is 1.61 bits per heavy atom. The van der Waals surface area contributed by atoms with Gasteiger partial charge < -0.3 is 9.47 Å². The smallest absolute Gasteiger partial charge is 0.310 e. The van der Waals surface area contributed by atoms with Crippen molar-refractivity contribution in [1.29, 1.82) is 0 Å². The molecule has 0 heterocycles. The highest BCUT2D eigenvalue weighted by Crippen LogP contribution is 2.60. The van der Waals surface area contributed by atoms with E-state index in [1.54, 1.807) is 6.07 Å². The largest absolute Gasteiger partial charge is 0.493 e. The Balaban J connectivity index is 1.32. The summed E-state index contributed by atoms with van der Waals surface area (Å²) < 4.78 is 27.3. The van der Waals surface area contributed by atoms with E-state index in [4.69, 9.17) is 9.47 Å². The molecule has 5 aliphatic carbocycles. The van der Waals surface area contributed by atoms with E-state index in [-0.39, 0.29) is 29.1 Å². The predicted octanol–water partition coefficient (Wildman–Crippen LogP) is 7.49. The first-order chi connectivity index (χ1) is 16.9. The molecule has 0 radical (unpaired) electrons. The van der Waals surface area contributed by atoms with Crippen LogP contribution in [-0.4, -0.2) is 24.0 Å². The Kier molecular flexibility index (Phi) is 6.74. The molecule has 1 aromatic rings. The number of carbonyl (C=O) groups excluding carboxylic acids is 2. The molecule has 0 aliphatic heterocycles. The molecule has 5 fully saturated rings. The molecule has 0 amide bonds. The minimum Gasteiger partial charge on any atom is -0.493 e. The number of ketones is 1. The van der Waals surface area contributed by atoms with Crippen molar-refractivity contribution >= 4 is 11.8 Å². The summed E-state index contributed by atoms with van der Waals surface area (Å²) in [5, 5.41) is 0. The van der Waals surface area contributed by atoms with Crippen LogP contribution in [0.15, 0.2) is 12.1 Å². The molecule has 5 aliphatic rings. The topological polar surface area (TPSA) is 52.6 Å². The zero-order valence-electron chi connectivity index (χ0n) is 22.7. The Bertz CT molecular complexity index is 981. The first-order valence-corrected chi connectivity index (χ1v) is 14.1. The standard InChI is InChI=1S/C31H43FO4/c1-18(2)23(29(34)36-30(3,4)5)12-27(33)25-11-24(22-6-7-22)28(13-26(25)32)35-17-31-14-19-8-20(15-31)10-21(9-19)16-31/h11,13,18-23H,6-10,12,14-17H2,1-5H3/t19?,20?,21?,23-,31?/m0/s1. The number of ether oxygens (including phenoxy) is 2. The van der Waals surface area contributed by atoms with Crippen LogP contribution in [0.4, 0.5) is 4.39 Å². The number of rotatable bonds is 9. The van der Waals surface area contributed by atoms with Gasteiger partial charge >= 0.3 is 5.97 Å². The van der Waals surface area contributed by atoms with Crippen LogP contribution >= 0.6 is 0 Å². The molecule has 198 valence electrons. The molecule has 0 N–H and O–H groups in total. The van der Waals surface area contributed by atoms with Gasteiger partial charge in [-0.15, -0.1) is 0 Å². The maximum Gasteiger partial charge on any atom is 0.310 e. The van der Waals surface area contributed by atoms with Crippen molar-refractivity contribution in [3.63, 3.8) is 0 Å². The maximum atomic E-state index is 15.4. The van der Waals surface area contributed by atoms with Gasteiger partial charge in [-0.25, -0.2) is 4.39 Å². The lowest BCUT2D eigenvalue weighted by Gasteiger charge is -2.56. The summed E-state index contributed by atoms with van der Waals surface area (Å²) >= 11 is 0. The summed E-state index contributed by atoms with van der Waals surface area (Å²) in [4.78, 5) is 26.0. The number of hydrogen-bond acceptors (Lipinski definition) is 4. The number of Topliss-reactive ketones (excluding diaryl/α,β-unsaturated/α-hetero) is 1. The van der Waals surface area contributed by atoms with Gasteiger partial charge in [0.1, 0.15) is 17.2 Å². The van der Waals surface area contributed by atoms with E-state index in [0.717, 1.165) is 36.2 Å². The molecule has 36 heavy (non-hydrogen) atoms. The van der Waals surface area contributed by atoms with Gasteiger partial charge in [0, 0.05) is 17.9 Å². The zero-order chi connectivity index (χ0) is 25.8. The van der Waals surface area contributed by atoms with Gasteiger partial charge in [-0.1, -0.05) is 13.8 Å². The Morgan fingerprint density at radius 1 is 1.03 bits per heavy atom. The highest BCUT2D eigenvalue weighted by Gasteiger charge is 2.51. The van der Waals surface area contributed by atoms with E-state index < -0.39 is 23.3 Å². The molecule has 1 atom stereocenters. The van der Waals surface area contributed by atoms with Gasteiger partial charge in [0.2, 0.25) is 0 Å². The van der Waals surface area contributed by atoms with Crippen LogP contribution in [-0.2, 0) is 9.53 Å². The second kappa shape index (κ2) is 9.44. The van der Waals surface area contributed by atoms with Crippen molar-refractivity contribution in [3.05, 3.63) is 29.1 Å². The van der Waals surface area contributed by atoms with Crippen molar-refractivity contribution in [2.24, 2.45) is 35.0 Å². The molecular weight excluding hydrogens is 455 g/mol. The average Bonchev–Trinajstić information content (AvgIpc) is 3.59. The Hall–Kier alpha value is -1.91. The van der Waals surface area contributed by atoms with E-state index >= 15 is 4.39 Å². The van der Waals surface area contributed by atoms with Crippen molar-refractivity contribution in [2.45, 2.75) is 104 Å². The van der Waals surface area contributed by atoms with Crippen molar-refractivity contribution in [1.82, 2.24) is 0 Å². The number of halogens is 1. The molecule has 0 unspecified atom stereocenters. The first-order valence-electron chi connectivity index (χ1n) is 14.1. The Morgan fingerprint density at radius 3 is 2.11 bits per heavy atom. The maximum absolute atomic E-state index is 15.4. The molecule has 5 saturated carbocycles. The van der Waals surface area contributed by atoms with Crippen LogP contribution in [0.5, 0.6) is 5.75 Å². The first kappa shape index (κ1) is 25.7. The molecular formula is C31H43FO4. The number of hydrogen-bond donors (Lipinski definition) is 0. The molecule has 4 nitrogen and oxygen atoms in total. The van der Waals surface area contributed by atoms with Gasteiger partial charge in [-0.2, -0.15) is 0 Å². The van der Waals surface area contributed by atoms with Crippen LogP contribution in [0.2, 0.25) is 0 Å². The normalized spacial score (nSPS) is 29.9. The fraction of sp³-hybridized carbons (Fsp3) is 0.742. The monoisotopic (exact) mass is 498 g/mol. The zero-order valence-corrected chi connectivity index (χ0v) is 22.7. The van der Waals surface area contributed by atoms with Gasteiger partial charge in [-0.05, 0) is 113 Å². The highest BCUT2D eigenvalue weighted by molar-refractivity contribution is 5.98. The number of esters is 1. The quantitative estimate of drug-likeness (QED) is 0.261. The van der Waals surface area contributed by atoms with Crippen molar-refractivity contribution in [3.8, 4) is 5.75 Å². The molecule has 0 aromatic heterocycles. The van der Waals surface area contributed by atoms with Crippen LogP contribution in [0.1, 0.15) is 114 Å². The summed E-state index contributed by atoms with van der Waals surface area (Å²) in [5.41, 5.74) is 0.655. The average molecular weight is 499 g/mol. The third-order valence-corrected chi connectivity index (χ3v) is 9.04. The van der Waals surface area contributed by atoms with E-state index in [0.29, 0.717) is 18.3 Å². The fourth-order valence-corrected chi connectivity index (χ4v) is 7.60.